The van der Waals surface area contributed by atoms with E-state index in [9.17, 15) is 18.0 Å². The van der Waals surface area contributed by atoms with Crippen molar-refractivity contribution < 1.29 is 41.7 Å². The van der Waals surface area contributed by atoms with E-state index < -0.39 is 48.5 Å². The van der Waals surface area contributed by atoms with Crippen LogP contribution in [-0.2, 0) is 28.5 Å². The molecule has 0 aromatic heterocycles. The Labute approximate surface area is 200 Å². The molecule has 2 heterocycles. The molecule has 10 heteroatoms. The number of rotatable bonds is 13. The van der Waals surface area contributed by atoms with Gasteiger partial charge in [-0.2, -0.15) is 13.2 Å². The molecule has 0 radical (unpaired) electrons. The van der Waals surface area contributed by atoms with Gasteiger partial charge in [0.1, 0.15) is 24.4 Å². The second-order valence-electron chi connectivity index (χ2n) is 9.25. The number of carbonyl (C=O) groups is 1. The van der Waals surface area contributed by atoms with Gasteiger partial charge in [-0.15, -0.1) is 0 Å². The van der Waals surface area contributed by atoms with Crippen LogP contribution < -0.4 is 5.32 Å². The number of ether oxygens (including phenoxy) is 5. The van der Waals surface area contributed by atoms with Gasteiger partial charge in [-0.3, -0.25) is 4.79 Å². The quantitative estimate of drug-likeness (QED) is 0.287. The van der Waals surface area contributed by atoms with Crippen molar-refractivity contribution in [1.82, 2.24) is 5.32 Å². The molecule has 0 aromatic rings. The molecule has 0 unspecified atom stereocenters. The average Bonchev–Trinajstić information content (AvgIpc) is 2.76. The van der Waals surface area contributed by atoms with Crippen LogP contribution in [0.25, 0.3) is 0 Å². The molecule has 34 heavy (non-hydrogen) atoms. The third kappa shape index (κ3) is 9.02. The Morgan fingerprint density at radius 3 is 2.38 bits per heavy atom. The molecule has 2 fully saturated rings. The molecule has 1 N–H and O–H groups in total. The van der Waals surface area contributed by atoms with Crippen molar-refractivity contribution in [2.45, 2.75) is 122 Å². The molecular weight excluding hydrogens is 455 g/mol. The van der Waals surface area contributed by atoms with Crippen molar-refractivity contribution >= 4 is 5.91 Å². The van der Waals surface area contributed by atoms with Gasteiger partial charge in [-0.25, -0.2) is 0 Å². The summed E-state index contributed by atoms with van der Waals surface area (Å²) in [5.74, 6) is -3.05. The lowest BCUT2D eigenvalue weighted by molar-refractivity contribution is -0.368. The maximum atomic E-state index is 13.1. The van der Waals surface area contributed by atoms with E-state index in [2.05, 4.69) is 6.92 Å². The minimum Gasteiger partial charge on any atom is -0.471 e. The maximum absolute atomic E-state index is 13.1. The van der Waals surface area contributed by atoms with Gasteiger partial charge in [0, 0.05) is 6.61 Å². The summed E-state index contributed by atoms with van der Waals surface area (Å²) in [7, 11) is 0. The van der Waals surface area contributed by atoms with E-state index in [1.807, 2.05) is 5.32 Å². The molecule has 0 spiro atoms. The van der Waals surface area contributed by atoms with E-state index in [1.165, 1.54) is 31.9 Å². The molecule has 2 aliphatic heterocycles. The third-order valence-electron chi connectivity index (χ3n) is 5.87. The predicted molar refractivity (Wildman–Crippen MR) is 120 cm³/mol. The van der Waals surface area contributed by atoms with Gasteiger partial charge in [-0.05, 0) is 27.2 Å². The number of carbonyl (C=O) groups excluding carboxylic acids is 1. The molecule has 7 nitrogen and oxygen atoms in total. The number of fused-ring (bicyclic) bond motifs is 1. The smallest absolute Gasteiger partial charge is 0.471 e. The van der Waals surface area contributed by atoms with Crippen LogP contribution in [0.1, 0.15) is 79.1 Å². The van der Waals surface area contributed by atoms with Crippen molar-refractivity contribution in [3.05, 3.63) is 12.3 Å². The summed E-state index contributed by atoms with van der Waals surface area (Å²) in [6, 6.07) is -1.23. The Morgan fingerprint density at radius 1 is 1.12 bits per heavy atom. The zero-order chi connectivity index (χ0) is 25.2. The average molecular weight is 496 g/mol. The molecule has 198 valence electrons. The number of hydrogen-bond acceptors (Lipinski definition) is 6. The summed E-state index contributed by atoms with van der Waals surface area (Å²) in [5.41, 5.74) is 0. The number of halogens is 3. The van der Waals surface area contributed by atoms with Crippen LogP contribution in [0.5, 0.6) is 0 Å². The monoisotopic (exact) mass is 495 g/mol. The number of allylic oxidation sites excluding steroid dienone is 1. The van der Waals surface area contributed by atoms with Gasteiger partial charge >= 0.3 is 12.1 Å². The van der Waals surface area contributed by atoms with Crippen molar-refractivity contribution in [3.63, 3.8) is 0 Å². The maximum Gasteiger partial charge on any atom is 0.471 e. The van der Waals surface area contributed by atoms with Crippen LogP contribution in [0.4, 0.5) is 13.2 Å². The van der Waals surface area contributed by atoms with Gasteiger partial charge in [0.2, 0.25) is 6.29 Å². The fourth-order valence-corrected chi connectivity index (χ4v) is 4.14. The van der Waals surface area contributed by atoms with Gasteiger partial charge in [0.15, 0.2) is 5.79 Å². The lowest BCUT2D eigenvalue weighted by atomic mass is 9.95. The molecule has 1 amide bonds. The molecule has 2 aliphatic rings. The minimum atomic E-state index is -5.06. The summed E-state index contributed by atoms with van der Waals surface area (Å²) in [5, 5.41) is 2.02. The van der Waals surface area contributed by atoms with Crippen LogP contribution in [0.2, 0.25) is 0 Å². The Morgan fingerprint density at radius 2 is 1.76 bits per heavy atom. The van der Waals surface area contributed by atoms with Crippen molar-refractivity contribution in [3.8, 4) is 0 Å². The fraction of sp³-hybridized carbons (Fsp3) is 0.875. The fourth-order valence-electron chi connectivity index (χ4n) is 4.14. The second-order valence-corrected chi connectivity index (χ2v) is 9.25. The number of nitrogens with one attached hydrogen (secondary N) is 1. The second kappa shape index (κ2) is 13.7. The summed E-state index contributed by atoms with van der Waals surface area (Å²) >= 11 is 0. The molecule has 0 aliphatic carbocycles. The van der Waals surface area contributed by atoms with Crippen LogP contribution in [0.3, 0.4) is 0 Å². The highest BCUT2D eigenvalue weighted by Gasteiger charge is 2.54. The Bertz CT molecular complexity index is 643. The Kier molecular flexibility index (Phi) is 11.6. The Hall–Kier alpha value is -1.36. The first-order chi connectivity index (χ1) is 16.1. The van der Waals surface area contributed by atoms with E-state index in [4.69, 9.17) is 23.7 Å². The zero-order valence-electron chi connectivity index (χ0n) is 20.7. The highest BCUT2D eigenvalue weighted by molar-refractivity contribution is 5.82. The molecule has 2 rings (SSSR count). The number of alkyl halides is 3. The number of hydrogen-bond donors (Lipinski definition) is 1. The first kappa shape index (κ1) is 28.9. The lowest BCUT2D eigenvalue weighted by Gasteiger charge is -2.50. The van der Waals surface area contributed by atoms with E-state index in [1.54, 1.807) is 26.8 Å². The first-order valence-electron chi connectivity index (χ1n) is 12.3. The highest BCUT2D eigenvalue weighted by Crippen LogP contribution is 2.35. The van der Waals surface area contributed by atoms with Gasteiger partial charge in [0.05, 0.1) is 12.9 Å². The molecule has 5 atom stereocenters. The van der Waals surface area contributed by atoms with Crippen LogP contribution in [-0.4, -0.2) is 61.7 Å². The summed E-state index contributed by atoms with van der Waals surface area (Å²) in [6.07, 6.45) is 3.20. The topological polar surface area (TPSA) is 75.2 Å². The summed E-state index contributed by atoms with van der Waals surface area (Å²) in [4.78, 5) is 11.8. The van der Waals surface area contributed by atoms with Crippen molar-refractivity contribution in [2.75, 3.05) is 13.2 Å². The van der Waals surface area contributed by atoms with Gasteiger partial charge in [-0.1, -0.05) is 57.9 Å². The third-order valence-corrected chi connectivity index (χ3v) is 5.87. The van der Waals surface area contributed by atoms with Crippen LogP contribution in [0.15, 0.2) is 12.3 Å². The van der Waals surface area contributed by atoms with Gasteiger partial charge in [0.25, 0.3) is 0 Å². The first-order valence-corrected chi connectivity index (χ1v) is 12.3. The number of unbranched alkanes of at least 4 members (excludes halogenated alkanes) is 7. The molecular formula is C24H40F3NO6. The molecule has 0 bridgehead atoms. The number of amides is 1. The molecule has 0 saturated carbocycles. The lowest BCUT2D eigenvalue weighted by Crippen LogP contribution is -2.69. The highest BCUT2D eigenvalue weighted by atomic mass is 19.4. The largest absolute Gasteiger partial charge is 0.471 e. The van der Waals surface area contributed by atoms with E-state index >= 15 is 0 Å². The standard InChI is InChI=1S/C24H40F3NO6/c1-5-7-8-9-10-11-12-13-15-30-20-18(28-22(29)24(25,26)27)21(31-14-6-2)33-17-16-32-23(3,4)34-19(17)20/h6,14,17-21H,5,7-13,15-16H2,1-4H3,(H,28,29)/b14-6-/t17-,18-,19-,20-,21+/m1/s1. The minimum absolute atomic E-state index is 0.158. The predicted octanol–water partition coefficient (Wildman–Crippen LogP) is 4.99. The normalized spacial score (nSPS) is 29.1. The van der Waals surface area contributed by atoms with E-state index in [-0.39, 0.29) is 6.61 Å². The van der Waals surface area contributed by atoms with Crippen molar-refractivity contribution in [2.24, 2.45) is 0 Å². The van der Waals surface area contributed by atoms with Crippen LogP contribution in [0, 0.1) is 0 Å². The zero-order valence-corrected chi connectivity index (χ0v) is 20.7. The van der Waals surface area contributed by atoms with E-state index in [0.29, 0.717) is 6.61 Å². The van der Waals surface area contributed by atoms with Crippen molar-refractivity contribution in [1.29, 1.82) is 0 Å². The van der Waals surface area contributed by atoms with Gasteiger partial charge < -0.3 is 29.0 Å². The van der Waals surface area contributed by atoms with E-state index in [0.717, 1.165) is 25.7 Å². The molecule has 2 saturated heterocycles. The Balaban J connectivity index is 2.08. The SMILES string of the molecule is C/C=C\O[C@H]1O[C@@H]2COC(C)(C)O[C@H]2[C@H](OCCCCCCCCCC)[C@H]1NC(=O)C(F)(F)F. The molecule has 0 aromatic carbocycles. The summed E-state index contributed by atoms with van der Waals surface area (Å²) in [6.45, 7) is 7.78. The summed E-state index contributed by atoms with van der Waals surface area (Å²) < 4.78 is 68.3. The van der Waals surface area contributed by atoms with Crippen LogP contribution >= 0.6 is 0 Å².